The number of hydrogen-bond acceptors (Lipinski definition) is 3. The summed E-state index contributed by atoms with van der Waals surface area (Å²) in [4.78, 5) is 13.0. The lowest BCUT2D eigenvalue weighted by Crippen LogP contribution is -2.41. The van der Waals surface area contributed by atoms with Gasteiger partial charge < -0.3 is 10.0 Å². The molecule has 0 aromatic heterocycles. The molecule has 1 saturated heterocycles. The summed E-state index contributed by atoms with van der Waals surface area (Å²) in [5, 5.41) is 11.1. The van der Waals surface area contributed by atoms with Gasteiger partial charge in [0, 0.05) is 13.1 Å². The molecular weight excluding hydrogens is 262 g/mol. The van der Waals surface area contributed by atoms with Crippen molar-refractivity contribution in [2.45, 2.75) is 12.8 Å². The van der Waals surface area contributed by atoms with Gasteiger partial charge in [-0.3, -0.25) is 4.79 Å². The van der Waals surface area contributed by atoms with Gasteiger partial charge in [0.2, 0.25) is 0 Å². The first-order chi connectivity index (χ1) is 7.68. The van der Waals surface area contributed by atoms with Gasteiger partial charge in [0.25, 0.3) is 0 Å². The Labute approximate surface area is 107 Å². The summed E-state index contributed by atoms with van der Waals surface area (Å²) in [6, 6.07) is 0. The van der Waals surface area contributed by atoms with Gasteiger partial charge in [-0.1, -0.05) is 0 Å². The molecule has 2 rings (SSSR count). The molecule has 2 heterocycles. The van der Waals surface area contributed by atoms with Gasteiger partial charge >= 0.3 is 10.3 Å². The third-order valence-electron chi connectivity index (χ3n) is 2.79. The van der Waals surface area contributed by atoms with Crippen LogP contribution in [0.3, 0.4) is 0 Å². The lowest BCUT2D eigenvalue weighted by atomic mass is 9.98. The van der Waals surface area contributed by atoms with Gasteiger partial charge in [-0.15, -0.1) is 0 Å². The highest BCUT2D eigenvalue weighted by Crippen LogP contribution is 2.29. The van der Waals surface area contributed by atoms with E-state index in [0.29, 0.717) is 0 Å². The second kappa shape index (κ2) is 5.42. The summed E-state index contributed by atoms with van der Waals surface area (Å²) >= 11 is 5.46. The van der Waals surface area contributed by atoms with Crippen molar-refractivity contribution in [1.82, 2.24) is 4.90 Å². The van der Waals surface area contributed by atoms with Crippen LogP contribution in [-0.2, 0) is 14.7 Å². The van der Waals surface area contributed by atoms with Crippen LogP contribution in [0.2, 0.25) is 0 Å². The van der Waals surface area contributed by atoms with Crippen molar-refractivity contribution < 1.29 is 9.90 Å². The van der Waals surface area contributed by atoms with E-state index in [1.165, 1.54) is 0 Å². The van der Waals surface area contributed by atoms with Crippen LogP contribution in [0, 0.1) is 5.92 Å². The maximum absolute atomic E-state index is 10.8. The van der Waals surface area contributed by atoms with Crippen molar-refractivity contribution in [3.63, 3.8) is 0 Å². The quantitative estimate of drug-likeness (QED) is 0.450. The summed E-state index contributed by atoms with van der Waals surface area (Å²) in [6.45, 7) is 1.60. The van der Waals surface area contributed by atoms with E-state index >= 15 is 0 Å². The van der Waals surface area contributed by atoms with Gasteiger partial charge in [-0.25, -0.2) is 0 Å². The van der Waals surface area contributed by atoms with E-state index in [9.17, 15) is 4.79 Å². The molecule has 88 valence electrons. The zero-order valence-electron chi connectivity index (χ0n) is 8.80. The summed E-state index contributed by atoms with van der Waals surface area (Å²) < 4.78 is 1.00. The fraction of sp³-hybridized carbons (Fsp3) is 0.600. The van der Waals surface area contributed by atoms with Crippen LogP contribution in [0.5, 0.6) is 0 Å². The number of rotatable bonds is 1. The number of carboxylic acid groups (broad SMARTS) is 1. The first-order valence-corrected chi connectivity index (χ1v) is 8.43. The number of carbonyl (C=O) groups is 1. The van der Waals surface area contributed by atoms with E-state index in [0.717, 1.165) is 36.0 Å². The molecule has 1 atom stereocenters. The predicted molar refractivity (Wildman–Crippen MR) is 73.5 cm³/mol. The molecule has 0 saturated carbocycles. The fourth-order valence-corrected chi connectivity index (χ4v) is 5.82. The van der Waals surface area contributed by atoms with E-state index < -0.39 is 5.97 Å². The molecule has 0 aromatic carbocycles. The summed E-state index contributed by atoms with van der Waals surface area (Å²) in [5.41, 5.74) is 0. The molecule has 1 fully saturated rings. The third-order valence-corrected chi connectivity index (χ3v) is 7.50. The monoisotopic (exact) mass is 276 g/mol. The molecule has 3 nitrogen and oxygen atoms in total. The first kappa shape index (κ1) is 12.3. The maximum atomic E-state index is 10.8. The van der Waals surface area contributed by atoms with Crippen LogP contribution in [0.1, 0.15) is 12.8 Å². The molecule has 0 amide bonds. The zero-order valence-corrected chi connectivity index (χ0v) is 11.2. The topological polar surface area (TPSA) is 40.5 Å². The van der Waals surface area contributed by atoms with Crippen LogP contribution in [0.4, 0.5) is 0 Å². The van der Waals surface area contributed by atoms with Crippen LogP contribution in [0.15, 0.2) is 11.5 Å². The number of piperidine rings is 1. The Bertz CT molecular complexity index is 324. The Morgan fingerprint density at radius 2 is 2.19 bits per heavy atom. The molecule has 0 aliphatic carbocycles. The number of thiocarbonyl (C=S) groups is 1. The van der Waals surface area contributed by atoms with E-state index in [2.05, 4.69) is 16.4 Å². The smallest absolute Gasteiger partial charge is 0.308 e. The minimum absolute atomic E-state index is 0.0545. The predicted octanol–water partition coefficient (Wildman–Crippen LogP) is 1.86. The highest BCUT2D eigenvalue weighted by Gasteiger charge is 2.35. The van der Waals surface area contributed by atoms with Crippen LogP contribution in [0.25, 0.3) is 0 Å². The summed E-state index contributed by atoms with van der Waals surface area (Å²) in [6.07, 6.45) is 3.60. The lowest BCUT2D eigenvalue weighted by Gasteiger charge is -2.29. The summed E-state index contributed by atoms with van der Waals surface area (Å²) in [7, 11) is 1.92. The fourth-order valence-electron chi connectivity index (χ4n) is 1.82. The number of nitrogens with zero attached hydrogens (tertiary/aromatic N) is 1. The van der Waals surface area contributed by atoms with Gasteiger partial charge in [0.05, 0.1) is 11.7 Å². The Balaban J connectivity index is 1.86. The number of hydrogen-bond donors (Lipinski definition) is 1. The molecule has 1 unspecified atom stereocenters. The minimum atomic E-state index is -0.664. The zero-order chi connectivity index (χ0) is 11.5. The second-order valence-electron chi connectivity index (χ2n) is 3.82. The van der Waals surface area contributed by atoms with Gasteiger partial charge in [0.15, 0.2) is 9.93 Å². The summed E-state index contributed by atoms with van der Waals surface area (Å²) in [5.74, 6) is 0.215. The molecule has 0 bridgehead atoms. The SMILES string of the molecule is O=C(O)C1CCN(C(=S)[S+]2C=CCS2)CC1. The molecule has 2 aliphatic heterocycles. The minimum Gasteiger partial charge on any atom is -0.481 e. The molecule has 6 heteroatoms. The average Bonchev–Trinajstić information content (AvgIpc) is 2.81. The van der Waals surface area contributed by atoms with Crippen LogP contribution in [-0.4, -0.2) is 39.1 Å². The molecule has 0 radical (unpaired) electrons. The average molecular weight is 276 g/mol. The first-order valence-electron chi connectivity index (χ1n) is 5.23. The Morgan fingerprint density at radius 3 is 2.69 bits per heavy atom. The number of likely N-dealkylation sites (tertiary alicyclic amines) is 1. The molecule has 0 spiro atoms. The molecular formula is C10H14NO2S3+. The van der Waals surface area contributed by atoms with Gasteiger partial charge in [0.1, 0.15) is 16.2 Å². The molecule has 1 N–H and O–H groups in total. The largest absolute Gasteiger partial charge is 0.481 e. The van der Waals surface area contributed by atoms with E-state index in [4.69, 9.17) is 17.3 Å². The number of aliphatic carboxylic acids is 1. The van der Waals surface area contributed by atoms with Crippen LogP contribution >= 0.6 is 23.0 Å². The van der Waals surface area contributed by atoms with Crippen molar-refractivity contribution in [3.05, 3.63) is 11.5 Å². The lowest BCUT2D eigenvalue weighted by molar-refractivity contribution is -0.142. The van der Waals surface area contributed by atoms with Gasteiger partial charge in [-0.05, 0) is 31.1 Å². The highest BCUT2D eigenvalue weighted by molar-refractivity contribution is 8.82. The Morgan fingerprint density at radius 1 is 1.50 bits per heavy atom. The van der Waals surface area contributed by atoms with E-state index in [1.54, 1.807) is 0 Å². The van der Waals surface area contributed by atoms with Crippen molar-refractivity contribution in [3.8, 4) is 0 Å². The van der Waals surface area contributed by atoms with Crippen molar-refractivity contribution in [2.75, 3.05) is 18.8 Å². The van der Waals surface area contributed by atoms with Crippen LogP contribution < -0.4 is 0 Å². The van der Waals surface area contributed by atoms with E-state index in [-0.39, 0.29) is 15.8 Å². The molecule has 16 heavy (non-hydrogen) atoms. The highest BCUT2D eigenvalue weighted by atomic mass is 33.1. The third kappa shape index (κ3) is 2.73. The van der Waals surface area contributed by atoms with Gasteiger partial charge in [-0.2, -0.15) is 0 Å². The van der Waals surface area contributed by atoms with Crippen molar-refractivity contribution in [2.24, 2.45) is 5.92 Å². The Kier molecular flexibility index (Phi) is 4.16. The van der Waals surface area contributed by atoms with Crippen molar-refractivity contribution in [1.29, 1.82) is 0 Å². The normalized spacial score (nSPS) is 26.0. The Hall–Kier alpha value is -0.200. The second-order valence-corrected chi connectivity index (χ2v) is 8.07. The maximum Gasteiger partial charge on any atom is 0.308 e. The molecule has 0 aromatic rings. The number of carboxylic acids is 1. The standard InChI is InChI=1S/C10H13NO2S3/c12-9(13)8-2-4-11(5-3-8)10(14)16-7-1-6-15-16/h1,7-8H,2-6H2/p+1. The van der Waals surface area contributed by atoms with E-state index in [1.807, 2.05) is 10.8 Å². The van der Waals surface area contributed by atoms with Crippen molar-refractivity contribution >= 4 is 43.2 Å². The molecule has 2 aliphatic rings.